The van der Waals surface area contributed by atoms with Crippen LogP contribution in [0.3, 0.4) is 0 Å². The summed E-state index contributed by atoms with van der Waals surface area (Å²) in [6, 6.07) is 27.3. The van der Waals surface area contributed by atoms with Crippen molar-refractivity contribution in [2.24, 2.45) is 0 Å². The smallest absolute Gasteiger partial charge is 0.176 e. The summed E-state index contributed by atoms with van der Waals surface area (Å²) in [6.45, 7) is 0.693. The van der Waals surface area contributed by atoms with Crippen molar-refractivity contribution in [3.8, 4) is 21.7 Å². The minimum atomic E-state index is -3.48. The summed E-state index contributed by atoms with van der Waals surface area (Å²) in [6.07, 6.45) is 1.18. The van der Waals surface area contributed by atoms with E-state index >= 15 is 0 Å². The van der Waals surface area contributed by atoms with Crippen molar-refractivity contribution in [3.05, 3.63) is 107 Å². The number of halogens is 1. The van der Waals surface area contributed by atoms with E-state index in [2.05, 4.69) is 24.3 Å². The maximum atomic E-state index is 13.6. The molecule has 176 valence electrons. The summed E-state index contributed by atoms with van der Waals surface area (Å²) in [5.41, 5.74) is 2.89. The zero-order valence-corrected chi connectivity index (χ0v) is 20.6. The third-order valence-corrected chi connectivity index (χ3v) is 7.86. The Balaban J connectivity index is 1.46. The highest BCUT2D eigenvalue weighted by molar-refractivity contribution is 7.90. The lowest BCUT2D eigenvalue weighted by Crippen LogP contribution is -2.00. The molecule has 0 radical (unpaired) electrons. The van der Waals surface area contributed by atoms with Crippen molar-refractivity contribution >= 4 is 31.9 Å². The Hall–Kier alpha value is -3.39. The average Bonchev–Trinajstić information content (AvgIpc) is 3.28. The molecule has 0 fully saturated rings. The van der Waals surface area contributed by atoms with E-state index in [1.807, 2.05) is 18.2 Å². The molecular weight excluding hydrogens is 481 g/mol. The number of aromatic nitrogens is 1. The fraction of sp³-hybridized carbons (Fsp3) is 0.107. The predicted octanol–water partition coefficient (Wildman–Crippen LogP) is 6.89. The van der Waals surface area contributed by atoms with Crippen LogP contribution in [0.4, 0.5) is 4.39 Å². The first-order chi connectivity index (χ1) is 16.9. The molecule has 0 unspecified atom stereocenters. The first-order valence-corrected chi connectivity index (χ1v) is 13.7. The van der Waals surface area contributed by atoms with E-state index in [0.717, 1.165) is 21.4 Å². The Labute approximate surface area is 207 Å². The fourth-order valence-corrected chi connectivity index (χ4v) is 5.89. The molecule has 0 aliphatic rings. The van der Waals surface area contributed by atoms with E-state index in [1.54, 1.807) is 36.4 Å². The predicted molar refractivity (Wildman–Crippen MR) is 138 cm³/mol. The summed E-state index contributed by atoms with van der Waals surface area (Å²) in [7, 11) is -3.48. The first-order valence-electron chi connectivity index (χ1n) is 11.0. The van der Waals surface area contributed by atoms with Gasteiger partial charge >= 0.3 is 0 Å². The van der Waals surface area contributed by atoms with Gasteiger partial charge in [-0.3, -0.25) is 0 Å². The summed E-state index contributed by atoms with van der Waals surface area (Å²) in [5.74, 6) is -0.338. The third-order valence-electron chi connectivity index (χ3n) is 5.63. The normalized spacial score (nSPS) is 11.7. The van der Waals surface area contributed by atoms with Crippen LogP contribution in [0, 0.1) is 5.82 Å². The van der Waals surface area contributed by atoms with Gasteiger partial charge < -0.3 is 4.74 Å². The Morgan fingerprint density at radius 2 is 1.57 bits per heavy atom. The molecule has 0 bridgehead atoms. The van der Waals surface area contributed by atoms with Crippen LogP contribution in [0.5, 0.6) is 0 Å². The summed E-state index contributed by atoms with van der Waals surface area (Å²) in [5, 5.41) is 3.04. The summed E-state index contributed by atoms with van der Waals surface area (Å²) in [4.78, 5) is 5.74. The maximum absolute atomic E-state index is 13.6. The Kier molecular flexibility index (Phi) is 6.47. The highest BCUT2D eigenvalue weighted by atomic mass is 32.2. The van der Waals surface area contributed by atoms with Crippen molar-refractivity contribution in [3.63, 3.8) is 0 Å². The van der Waals surface area contributed by atoms with E-state index in [4.69, 9.17) is 9.72 Å². The molecule has 5 rings (SSSR count). The summed E-state index contributed by atoms with van der Waals surface area (Å²) >= 11 is 1.42. The van der Waals surface area contributed by atoms with Crippen molar-refractivity contribution in [2.45, 2.75) is 18.1 Å². The zero-order chi connectivity index (χ0) is 24.4. The molecule has 7 heteroatoms. The second-order valence-corrected chi connectivity index (χ2v) is 11.3. The molecule has 0 aliphatic carbocycles. The van der Waals surface area contributed by atoms with Crippen LogP contribution in [0.25, 0.3) is 32.5 Å². The van der Waals surface area contributed by atoms with Crippen LogP contribution in [-0.2, 0) is 27.8 Å². The number of rotatable bonds is 7. The molecule has 0 atom stereocenters. The van der Waals surface area contributed by atoms with Crippen LogP contribution in [0.1, 0.15) is 10.6 Å². The highest BCUT2D eigenvalue weighted by Crippen LogP contribution is 2.39. The molecular formula is C28H22FNO3S2. The number of fused-ring (bicyclic) bond motifs is 1. The number of benzene rings is 4. The van der Waals surface area contributed by atoms with Gasteiger partial charge in [0.25, 0.3) is 0 Å². The van der Waals surface area contributed by atoms with E-state index in [9.17, 15) is 12.8 Å². The van der Waals surface area contributed by atoms with Crippen molar-refractivity contribution in [1.82, 2.24) is 4.98 Å². The van der Waals surface area contributed by atoms with Gasteiger partial charge in [0, 0.05) is 11.8 Å². The van der Waals surface area contributed by atoms with E-state index in [1.165, 1.54) is 35.1 Å². The van der Waals surface area contributed by atoms with Crippen molar-refractivity contribution in [2.75, 3.05) is 6.26 Å². The molecule has 0 N–H and O–H groups in total. The van der Waals surface area contributed by atoms with Gasteiger partial charge in [0.05, 0.1) is 28.7 Å². The minimum absolute atomic E-state index is 0.206. The standard InChI is InChI=1S/C28H22FNO3S2/c1-35(31,32)25-9-5-4-8-24(25)27-28(21-12-14-23(29)15-13-21)34-26(30-27)18-33-17-19-10-11-20-6-2-3-7-22(20)16-19/h2-16H,17-18H2,1H3. The molecule has 5 aromatic rings. The minimum Gasteiger partial charge on any atom is -0.370 e. The molecule has 0 saturated heterocycles. The van der Waals surface area contributed by atoms with Gasteiger partial charge in [-0.15, -0.1) is 11.3 Å². The van der Waals surface area contributed by atoms with Gasteiger partial charge in [-0.05, 0) is 46.2 Å². The second-order valence-electron chi connectivity index (χ2n) is 8.23. The first kappa shape index (κ1) is 23.4. The third kappa shape index (κ3) is 5.17. The molecule has 0 saturated carbocycles. The van der Waals surface area contributed by atoms with E-state index in [-0.39, 0.29) is 17.3 Å². The van der Waals surface area contributed by atoms with Crippen LogP contribution in [0.2, 0.25) is 0 Å². The van der Waals surface area contributed by atoms with E-state index in [0.29, 0.717) is 22.9 Å². The lowest BCUT2D eigenvalue weighted by molar-refractivity contribution is 0.107. The average molecular weight is 504 g/mol. The van der Waals surface area contributed by atoms with Crippen LogP contribution < -0.4 is 0 Å². The van der Waals surface area contributed by atoms with Gasteiger partial charge in [-0.1, -0.05) is 66.7 Å². The van der Waals surface area contributed by atoms with Gasteiger partial charge in [0.15, 0.2) is 9.84 Å². The lowest BCUT2D eigenvalue weighted by atomic mass is 10.1. The number of nitrogens with zero attached hydrogens (tertiary/aromatic N) is 1. The SMILES string of the molecule is CS(=O)(=O)c1ccccc1-c1nc(COCc2ccc3ccccc3c2)sc1-c1ccc(F)cc1. The number of sulfone groups is 1. The molecule has 0 aliphatic heterocycles. The molecule has 0 spiro atoms. The Morgan fingerprint density at radius 3 is 2.34 bits per heavy atom. The van der Waals surface area contributed by atoms with Crippen LogP contribution in [-0.4, -0.2) is 19.7 Å². The number of hydrogen-bond acceptors (Lipinski definition) is 5. The van der Waals surface area contributed by atoms with Gasteiger partial charge in [-0.2, -0.15) is 0 Å². The number of hydrogen-bond donors (Lipinski definition) is 0. The lowest BCUT2D eigenvalue weighted by Gasteiger charge is -2.08. The van der Waals surface area contributed by atoms with Crippen molar-refractivity contribution in [1.29, 1.82) is 0 Å². The summed E-state index contributed by atoms with van der Waals surface area (Å²) < 4.78 is 44.4. The Bertz CT molecular complexity index is 1610. The number of thiazole rings is 1. The zero-order valence-electron chi connectivity index (χ0n) is 18.9. The Morgan fingerprint density at radius 1 is 0.857 bits per heavy atom. The topological polar surface area (TPSA) is 56.3 Å². The van der Waals surface area contributed by atoms with E-state index < -0.39 is 9.84 Å². The fourth-order valence-electron chi connectivity index (χ4n) is 3.98. The molecule has 35 heavy (non-hydrogen) atoms. The second kappa shape index (κ2) is 9.70. The quantitative estimate of drug-likeness (QED) is 0.243. The molecule has 0 amide bonds. The molecule has 1 heterocycles. The van der Waals surface area contributed by atoms with Crippen molar-refractivity contribution < 1.29 is 17.5 Å². The monoisotopic (exact) mass is 503 g/mol. The van der Waals surface area contributed by atoms with Crippen LogP contribution >= 0.6 is 11.3 Å². The van der Waals surface area contributed by atoms with Gasteiger partial charge in [-0.25, -0.2) is 17.8 Å². The number of ether oxygens (including phenoxy) is 1. The molecule has 4 nitrogen and oxygen atoms in total. The molecule has 1 aromatic heterocycles. The van der Waals surface area contributed by atoms with Gasteiger partial charge in [0.1, 0.15) is 10.8 Å². The highest BCUT2D eigenvalue weighted by Gasteiger charge is 2.21. The van der Waals surface area contributed by atoms with Crippen LogP contribution in [0.15, 0.2) is 95.9 Å². The largest absolute Gasteiger partial charge is 0.370 e. The molecule has 4 aromatic carbocycles. The maximum Gasteiger partial charge on any atom is 0.176 e. The van der Waals surface area contributed by atoms with Gasteiger partial charge in [0.2, 0.25) is 0 Å².